The summed E-state index contributed by atoms with van der Waals surface area (Å²) < 4.78 is 49.5. The molecule has 2 aromatic rings. The summed E-state index contributed by atoms with van der Waals surface area (Å²) in [5.74, 6) is -2.11. The molecule has 0 radical (unpaired) electrons. The Balaban J connectivity index is 1.44. The van der Waals surface area contributed by atoms with Gasteiger partial charge in [0.1, 0.15) is 11.6 Å². The van der Waals surface area contributed by atoms with Crippen LogP contribution in [0.3, 0.4) is 0 Å². The average molecular weight is 483 g/mol. The SMILES string of the molecule is C=CC1CCC2CC(c3ccc(C(=O)Oc4ccc(CC/C=C/C)c(F)c4)c(F)c3F)CCC2C1. The van der Waals surface area contributed by atoms with Gasteiger partial charge in [-0.25, -0.2) is 18.0 Å². The summed E-state index contributed by atoms with van der Waals surface area (Å²) in [5.41, 5.74) is 0.348. The fourth-order valence-electron chi connectivity index (χ4n) is 5.82. The zero-order chi connectivity index (χ0) is 24.9. The van der Waals surface area contributed by atoms with Crippen molar-refractivity contribution in [3.63, 3.8) is 0 Å². The van der Waals surface area contributed by atoms with E-state index in [0.29, 0.717) is 41.7 Å². The Bertz CT molecular complexity index is 1110. The van der Waals surface area contributed by atoms with Gasteiger partial charge in [0.15, 0.2) is 11.6 Å². The maximum atomic E-state index is 15.1. The van der Waals surface area contributed by atoms with Crippen molar-refractivity contribution < 1.29 is 22.7 Å². The molecule has 2 aliphatic rings. The quantitative estimate of drug-likeness (QED) is 0.225. The van der Waals surface area contributed by atoms with Crippen molar-refractivity contribution >= 4 is 5.97 Å². The zero-order valence-electron chi connectivity index (χ0n) is 20.2. The smallest absolute Gasteiger partial charge is 0.346 e. The van der Waals surface area contributed by atoms with Crippen molar-refractivity contribution in [1.82, 2.24) is 0 Å². The van der Waals surface area contributed by atoms with Crippen molar-refractivity contribution in [2.75, 3.05) is 0 Å². The van der Waals surface area contributed by atoms with Gasteiger partial charge in [-0.05, 0) is 105 Å². The van der Waals surface area contributed by atoms with Crippen molar-refractivity contribution in [2.45, 2.75) is 64.2 Å². The number of allylic oxidation sites excluding steroid dienone is 3. The topological polar surface area (TPSA) is 26.3 Å². The molecule has 2 fully saturated rings. The molecule has 2 saturated carbocycles. The molecule has 0 aliphatic heterocycles. The fraction of sp³-hybridized carbons (Fsp3) is 0.433. The minimum Gasteiger partial charge on any atom is -0.423 e. The Kier molecular flexibility index (Phi) is 8.15. The van der Waals surface area contributed by atoms with Gasteiger partial charge in [0.25, 0.3) is 0 Å². The maximum absolute atomic E-state index is 15.1. The molecule has 0 aromatic heterocycles. The Hall–Kier alpha value is -2.82. The lowest BCUT2D eigenvalue weighted by Gasteiger charge is -2.41. The van der Waals surface area contributed by atoms with Crippen LogP contribution < -0.4 is 4.74 Å². The van der Waals surface area contributed by atoms with E-state index in [-0.39, 0.29) is 11.7 Å². The standard InChI is InChI=1S/C30H33F3O2/c1-3-5-6-7-20-12-13-24(18-27(20)31)35-30(34)26-15-14-25(28(32)29(26)33)23-11-10-21-16-19(4-2)8-9-22(21)17-23/h3-5,12-15,18-19,21-23H,2,6-11,16-17H2,1H3/b5-3+. The van der Waals surface area contributed by atoms with Gasteiger partial charge in [-0.1, -0.05) is 30.4 Å². The molecule has 4 unspecified atom stereocenters. The summed E-state index contributed by atoms with van der Waals surface area (Å²) >= 11 is 0. The predicted octanol–water partition coefficient (Wildman–Crippen LogP) is 8.32. The number of carbonyl (C=O) groups excluding carboxylic acids is 1. The van der Waals surface area contributed by atoms with E-state index in [0.717, 1.165) is 44.6 Å². The van der Waals surface area contributed by atoms with Gasteiger partial charge in [0.2, 0.25) is 0 Å². The van der Waals surface area contributed by atoms with Crippen molar-refractivity contribution in [3.8, 4) is 5.75 Å². The van der Waals surface area contributed by atoms with Crippen molar-refractivity contribution in [2.24, 2.45) is 17.8 Å². The second kappa shape index (κ2) is 11.3. The van der Waals surface area contributed by atoms with Gasteiger partial charge in [0.05, 0.1) is 5.56 Å². The Morgan fingerprint density at radius 2 is 1.80 bits per heavy atom. The highest BCUT2D eigenvalue weighted by Gasteiger charge is 2.36. The molecule has 2 nitrogen and oxygen atoms in total. The fourth-order valence-corrected chi connectivity index (χ4v) is 5.82. The lowest BCUT2D eigenvalue weighted by Crippen LogP contribution is -2.30. The zero-order valence-corrected chi connectivity index (χ0v) is 20.2. The first-order valence-corrected chi connectivity index (χ1v) is 12.6. The number of benzene rings is 2. The molecule has 2 aliphatic carbocycles. The van der Waals surface area contributed by atoms with Crippen molar-refractivity contribution in [3.05, 3.63) is 89.3 Å². The lowest BCUT2D eigenvalue weighted by atomic mass is 9.64. The first-order chi connectivity index (χ1) is 16.9. The van der Waals surface area contributed by atoms with Gasteiger partial charge in [-0.2, -0.15) is 0 Å². The minimum absolute atomic E-state index is 0.0420. The first-order valence-electron chi connectivity index (χ1n) is 12.6. The molecular formula is C30H33F3O2. The summed E-state index contributed by atoms with van der Waals surface area (Å²) in [6.07, 6.45) is 13.1. The molecule has 4 rings (SSSR count). The van der Waals surface area contributed by atoms with Crippen LogP contribution in [0, 0.1) is 35.2 Å². The highest BCUT2D eigenvalue weighted by Crippen LogP contribution is 2.48. The average Bonchev–Trinajstić information content (AvgIpc) is 2.86. The van der Waals surface area contributed by atoms with Crippen LogP contribution in [0.15, 0.2) is 55.1 Å². The third kappa shape index (κ3) is 5.71. The van der Waals surface area contributed by atoms with Gasteiger partial charge in [0, 0.05) is 6.07 Å². The van der Waals surface area contributed by atoms with E-state index in [1.165, 1.54) is 18.2 Å². The van der Waals surface area contributed by atoms with Crippen LogP contribution in [-0.2, 0) is 6.42 Å². The summed E-state index contributed by atoms with van der Waals surface area (Å²) in [7, 11) is 0. The van der Waals surface area contributed by atoms with E-state index in [1.807, 2.05) is 25.2 Å². The number of esters is 1. The van der Waals surface area contributed by atoms with Gasteiger partial charge >= 0.3 is 5.97 Å². The monoisotopic (exact) mass is 482 g/mol. The Labute approximate surface area is 205 Å². The van der Waals surface area contributed by atoms with Crippen LogP contribution in [0.2, 0.25) is 0 Å². The second-order valence-electron chi connectivity index (χ2n) is 9.92. The molecular weight excluding hydrogens is 449 g/mol. The number of rotatable bonds is 7. The Morgan fingerprint density at radius 3 is 2.54 bits per heavy atom. The van der Waals surface area contributed by atoms with Crippen LogP contribution in [0.5, 0.6) is 5.75 Å². The molecule has 0 spiro atoms. The predicted molar refractivity (Wildman–Crippen MR) is 132 cm³/mol. The largest absolute Gasteiger partial charge is 0.423 e. The number of halogens is 3. The van der Waals surface area contributed by atoms with E-state index < -0.39 is 29.0 Å². The molecule has 0 bridgehead atoms. The van der Waals surface area contributed by atoms with E-state index in [4.69, 9.17) is 4.74 Å². The molecule has 0 amide bonds. The third-order valence-electron chi connectivity index (χ3n) is 7.81. The van der Waals surface area contributed by atoms with Crippen molar-refractivity contribution in [1.29, 1.82) is 0 Å². The highest BCUT2D eigenvalue weighted by atomic mass is 19.2. The van der Waals surface area contributed by atoms with E-state index in [2.05, 4.69) is 6.58 Å². The summed E-state index contributed by atoms with van der Waals surface area (Å²) in [5, 5.41) is 0. The second-order valence-corrected chi connectivity index (χ2v) is 9.92. The molecule has 186 valence electrons. The van der Waals surface area contributed by atoms with Gasteiger partial charge < -0.3 is 4.74 Å². The van der Waals surface area contributed by atoms with E-state index in [9.17, 15) is 13.6 Å². The highest BCUT2D eigenvalue weighted by molar-refractivity contribution is 5.91. The van der Waals surface area contributed by atoms with E-state index >= 15 is 4.39 Å². The van der Waals surface area contributed by atoms with Gasteiger partial charge in [-0.3, -0.25) is 0 Å². The molecule has 0 heterocycles. The van der Waals surface area contributed by atoms with Crippen LogP contribution in [0.1, 0.15) is 79.3 Å². The number of aryl methyl sites for hydroxylation is 1. The molecule has 0 saturated heterocycles. The molecule has 2 aromatic carbocycles. The minimum atomic E-state index is -1.20. The first kappa shape index (κ1) is 25.3. The lowest BCUT2D eigenvalue weighted by molar-refractivity contribution is 0.0728. The molecule has 4 atom stereocenters. The van der Waals surface area contributed by atoms with E-state index in [1.54, 1.807) is 6.07 Å². The molecule has 0 N–H and O–H groups in total. The van der Waals surface area contributed by atoms with Crippen LogP contribution in [0.25, 0.3) is 0 Å². The maximum Gasteiger partial charge on any atom is 0.346 e. The number of ether oxygens (including phenoxy) is 1. The van der Waals surface area contributed by atoms with Crippen LogP contribution >= 0.6 is 0 Å². The summed E-state index contributed by atoms with van der Waals surface area (Å²) in [6.45, 7) is 5.82. The summed E-state index contributed by atoms with van der Waals surface area (Å²) in [4.78, 5) is 12.6. The molecule has 5 heteroatoms. The summed E-state index contributed by atoms with van der Waals surface area (Å²) in [6, 6.07) is 6.92. The van der Waals surface area contributed by atoms with Crippen LogP contribution in [-0.4, -0.2) is 5.97 Å². The molecule has 35 heavy (non-hydrogen) atoms. The number of carbonyl (C=O) groups is 1. The number of hydrogen-bond acceptors (Lipinski definition) is 2. The number of fused-ring (bicyclic) bond motifs is 1. The van der Waals surface area contributed by atoms with Gasteiger partial charge in [-0.15, -0.1) is 6.58 Å². The normalized spacial score (nSPS) is 24.2. The number of hydrogen-bond donors (Lipinski definition) is 0. The third-order valence-corrected chi connectivity index (χ3v) is 7.81. The Morgan fingerprint density at radius 1 is 1.03 bits per heavy atom. The van der Waals surface area contributed by atoms with Crippen LogP contribution in [0.4, 0.5) is 13.2 Å².